The number of aliphatic hydroxyl groups excluding tert-OH is 3. The van der Waals surface area contributed by atoms with Gasteiger partial charge in [0.2, 0.25) is 0 Å². The normalized spacial score (nSPS) is 39.9. The molecule has 0 bridgehead atoms. The lowest BCUT2D eigenvalue weighted by Gasteiger charge is -2.08. The lowest BCUT2D eigenvalue weighted by molar-refractivity contribution is -0.148. The molecule has 58 valence electrons. The zero-order chi connectivity index (χ0) is 7.72. The quantitative estimate of drug-likeness (QED) is 0.362. The highest BCUT2D eigenvalue weighted by molar-refractivity contribution is 5.77. The summed E-state index contributed by atoms with van der Waals surface area (Å²) in [6, 6.07) is 0. The molecule has 5 heteroatoms. The predicted molar refractivity (Wildman–Crippen MR) is 29.0 cm³/mol. The SMILES string of the molecule is O=C1O[C@H](CO)C(O)[C@@H]1O. The van der Waals surface area contributed by atoms with Crippen molar-refractivity contribution in [3.8, 4) is 0 Å². The fraction of sp³-hybridized carbons (Fsp3) is 0.800. The van der Waals surface area contributed by atoms with Crippen LogP contribution in [0.5, 0.6) is 0 Å². The summed E-state index contributed by atoms with van der Waals surface area (Å²) >= 11 is 0. The van der Waals surface area contributed by atoms with E-state index in [4.69, 9.17) is 15.3 Å². The fourth-order valence-electron chi connectivity index (χ4n) is 0.777. The number of hydrogen-bond donors (Lipinski definition) is 3. The summed E-state index contributed by atoms with van der Waals surface area (Å²) in [6.07, 6.45) is -3.77. The monoisotopic (exact) mass is 148 g/mol. The molecule has 1 saturated heterocycles. The number of esters is 1. The van der Waals surface area contributed by atoms with Crippen LogP contribution in [-0.4, -0.2) is 46.2 Å². The highest BCUT2D eigenvalue weighted by atomic mass is 16.6. The van der Waals surface area contributed by atoms with Gasteiger partial charge in [0.25, 0.3) is 0 Å². The maximum absolute atomic E-state index is 10.4. The molecule has 10 heavy (non-hydrogen) atoms. The Hall–Kier alpha value is -0.650. The summed E-state index contributed by atoms with van der Waals surface area (Å²) in [5.41, 5.74) is 0. The van der Waals surface area contributed by atoms with Gasteiger partial charge in [0, 0.05) is 0 Å². The molecule has 1 aliphatic rings. The second-order valence-electron chi connectivity index (χ2n) is 2.09. The van der Waals surface area contributed by atoms with Crippen LogP contribution in [-0.2, 0) is 9.53 Å². The van der Waals surface area contributed by atoms with Crippen molar-refractivity contribution in [2.75, 3.05) is 6.61 Å². The highest BCUT2D eigenvalue weighted by Gasteiger charge is 2.41. The van der Waals surface area contributed by atoms with Gasteiger partial charge in [-0.15, -0.1) is 0 Å². The van der Waals surface area contributed by atoms with E-state index in [1.54, 1.807) is 0 Å². The number of rotatable bonds is 1. The van der Waals surface area contributed by atoms with Gasteiger partial charge in [-0.2, -0.15) is 0 Å². The van der Waals surface area contributed by atoms with Gasteiger partial charge >= 0.3 is 5.97 Å². The first-order valence-corrected chi connectivity index (χ1v) is 2.84. The third-order valence-electron chi connectivity index (χ3n) is 1.39. The Morgan fingerprint density at radius 2 is 2.10 bits per heavy atom. The molecule has 5 nitrogen and oxygen atoms in total. The van der Waals surface area contributed by atoms with Gasteiger partial charge in [0.1, 0.15) is 6.10 Å². The Labute approximate surface area is 56.9 Å². The highest BCUT2D eigenvalue weighted by Crippen LogP contribution is 2.14. The molecule has 1 unspecified atom stereocenters. The summed E-state index contributed by atoms with van der Waals surface area (Å²) in [5.74, 6) is -0.883. The molecule has 0 aromatic rings. The largest absolute Gasteiger partial charge is 0.455 e. The van der Waals surface area contributed by atoms with Crippen LogP contribution in [0.1, 0.15) is 0 Å². The first kappa shape index (κ1) is 7.46. The molecule has 0 amide bonds. The Morgan fingerprint density at radius 1 is 1.50 bits per heavy atom. The molecule has 3 atom stereocenters. The van der Waals surface area contributed by atoms with Crippen LogP contribution in [0.3, 0.4) is 0 Å². The average molecular weight is 148 g/mol. The van der Waals surface area contributed by atoms with Gasteiger partial charge in [0.05, 0.1) is 6.61 Å². The van der Waals surface area contributed by atoms with Gasteiger partial charge in [-0.05, 0) is 0 Å². The number of hydrogen-bond acceptors (Lipinski definition) is 5. The molecular formula is C5H8O5. The van der Waals surface area contributed by atoms with Crippen molar-refractivity contribution in [2.24, 2.45) is 0 Å². The molecule has 0 radical (unpaired) electrons. The van der Waals surface area contributed by atoms with Crippen LogP contribution in [0.25, 0.3) is 0 Å². The van der Waals surface area contributed by atoms with E-state index in [1.165, 1.54) is 0 Å². The van der Waals surface area contributed by atoms with Crippen molar-refractivity contribution in [1.29, 1.82) is 0 Å². The minimum Gasteiger partial charge on any atom is -0.455 e. The molecule has 0 saturated carbocycles. The summed E-state index contributed by atoms with van der Waals surface area (Å²) in [6.45, 7) is -0.468. The van der Waals surface area contributed by atoms with Crippen LogP contribution >= 0.6 is 0 Å². The lowest BCUT2D eigenvalue weighted by Crippen LogP contribution is -2.32. The minimum absolute atomic E-state index is 0.468. The van der Waals surface area contributed by atoms with Crippen LogP contribution in [0.15, 0.2) is 0 Å². The first-order valence-electron chi connectivity index (χ1n) is 2.84. The lowest BCUT2D eigenvalue weighted by atomic mass is 10.1. The molecule has 1 heterocycles. The van der Waals surface area contributed by atoms with Crippen LogP contribution in [0.2, 0.25) is 0 Å². The number of cyclic esters (lactones) is 1. The van der Waals surface area contributed by atoms with Crippen molar-refractivity contribution in [3.05, 3.63) is 0 Å². The third-order valence-corrected chi connectivity index (χ3v) is 1.39. The molecule has 0 aliphatic carbocycles. The minimum atomic E-state index is -1.50. The summed E-state index contributed by atoms with van der Waals surface area (Å²) in [4.78, 5) is 10.4. The molecule has 0 aromatic heterocycles. The van der Waals surface area contributed by atoms with Crippen LogP contribution < -0.4 is 0 Å². The molecule has 1 fully saturated rings. The van der Waals surface area contributed by atoms with Crippen molar-refractivity contribution in [1.82, 2.24) is 0 Å². The maximum atomic E-state index is 10.4. The van der Waals surface area contributed by atoms with E-state index < -0.39 is 30.9 Å². The third kappa shape index (κ3) is 0.985. The first-order chi connectivity index (χ1) is 4.66. The van der Waals surface area contributed by atoms with Gasteiger partial charge in [0.15, 0.2) is 12.2 Å². The number of ether oxygens (including phenoxy) is 1. The molecule has 1 aliphatic heterocycles. The van der Waals surface area contributed by atoms with Crippen molar-refractivity contribution in [3.63, 3.8) is 0 Å². The van der Waals surface area contributed by atoms with E-state index >= 15 is 0 Å². The number of carbonyl (C=O) groups is 1. The summed E-state index contributed by atoms with van der Waals surface area (Å²) < 4.78 is 4.35. The van der Waals surface area contributed by atoms with Gasteiger partial charge < -0.3 is 20.1 Å². The standard InChI is InChI=1S/C5H8O5/c6-1-2-3(7)4(8)5(9)10-2/h2-4,6-8H,1H2/t2-,3?,4+/m1/s1. The Balaban J connectivity index is 2.61. The number of carbonyl (C=O) groups excluding carboxylic acids is 1. The summed E-state index contributed by atoms with van der Waals surface area (Å²) in [7, 11) is 0. The van der Waals surface area contributed by atoms with Crippen molar-refractivity contribution in [2.45, 2.75) is 18.3 Å². The second kappa shape index (κ2) is 2.53. The molecule has 0 spiro atoms. The van der Waals surface area contributed by atoms with Gasteiger partial charge in [-0.25, -0.2) is 4.79 Å². The average Bonchev–Trinajstić information content (AvgIpc) is 2.17. The molecular weight excluding hydrogens is 140 g/mol. The Kier molecular flexibility index (Phi) is 1.89. The van der Waals surface area contributed by atoms with Crippen molar-refractivity contribution >= 4 is 5.97 Å². The van der Waals surface area contributed by atoms with Crippen LogP contribution in [0, 0.1) is 0 Å². The predicted octanol–water partition coefficient (Wildman–Crippen LogP) is -2.37. The van der Waals surface area contributed by atoms with E-state index in [0.717, 1.165) is 0 Å². The Bertz CT molecular complexity index is 145. The van der Waals surface area contributed by atoms with E-state index in [0.29, 0.717) is 0 Å². The molecule has 0 aromatic carbocycles. The van der Waals surface area contributed by atoms with E-state index in [9.17, 15) is 4.79 Å². The maximum Gasteiger partial charge on any atom is 0.338 e. The summed E-state index contributed by atoms with van der Waals surface area (Å²) in [5, 5.41) is 26.0. The molecule has 3 N–H and O–H groups in total. The number of aliphatic hydroxyl groups is 3. The second-order valence-corrected chi connectivity index (χ2v) is 2.09. The smallest absolute Gasteiger partial charge is 0.338 e. The van der Waals surface area contributed by atoms with E-state index in [1.807, 2.05) is 0 Å². The zero-order valence-electron chi connectivity index (χ0n) is 5.10. The Morgan fingerprint density at radius 3 is 2.30 bits per heavy atom. The van der Waals surface area contributed by atoms with E-state index in [2.05, 4.69) is 4.74 Å². The zero-order valence-corrected chi connectivity index (χ0v) is 5.10. The van der Waals surface area contributed by atoms with E-state index in [-0.39, 0.29) is 0 Å². The topological polar surface area (TPSA) is 87.0 Å². The van der Waals surface area contributed by atoms with Crippen molar-refractivity contribution < 1.29 is 24.9 Å². The van der Waals surface area contributed by atoms with Gasteiger partial charge in [-0.3, -0.25) is 0 Å². The fourth-order valence-corrected chi connectivity index (χ4v) is 0.777. The molecule has 1 rings (SSSR count). The van der Waals surface area contributed by atoms with Crippen LogP contribution in [0.4, 0.5) is 0 Å². The van der Waals surface area contributed by atoms with Gasteiger partial charge in [-0.1, -0.05) is 0 Å².